The van der Waals surface area contributed by atoms with E-state index in [4.69, 9.17) is 9.72 Å². The van der Waals surface area contributed by atoms with Crippen molar-refractivity contribution in [2.45, 2.75) is 29.3 Å². The highest BCUT2D eigenvalue weighted by atomic mass is 32.2. The number of morpholine rings is 1. The molecule has 3 aromatic heterocycles. The lowest BCUT2D eigenvalue weighted by atomic mass is 10.2. The number of imidazole rings is 1. The van der Waals surface area contributed by atoms with Crippen molar-refractivity contribution in [2.75, 3.05) is 26.3 Å². The largest absolute Gasteiger partial charge is 0.379 e. The second-order valence-corrected chi connectivity index (χ2v) is 10.7. The number of pyridine rings is 1. The molecule has 0 bridgehead atoms. The molecule has 5 rings (SSSR count). The Balaban J connectivity index is 1.40. The zero-order valence-corrected chi connectivity index (χ0v) is 20.6. The number of aromatic nitrogens is 6. The number of fused-ring (bicyclic) bond motifs is 1. The van der Waals surface area contributed by atoms with Crippen molar-refractivity contribution in [2.24, 2.45) is 7.05 Å². The molecule has 0 atom stereocenters. The second kappa shape index (κ2) is 9.45. The molecule has 178 valence electrons. The molecule has 0 aliphatic carbocycles. The average Bonchev–Trinajstić information content (AvgIpc) is 3.42. The lowest BCUT2D eigenvalue weighted by Gasteiger charge is -2.26. The Morgan fingerprint density at radius 1 is 1.09 bits per heavy atom. The first kappa shape index (κ1) is 23.0. The molecule has 0 radical (unpaired) electrons. The van der Waals surface area contributed by atoms with E-state index in [0.717, 1.165) is 34.4 Å². The molecule has 0 unspecified atom stereocenters. The quantitative estimate of drug-likeness (QED) is 0.357. The highest BCUT2D eigenvalue weighted by Gasteiger charge is 2.27. The Hall–Kier alpha value is -2.80. The van der Waals surface area contributed by atoms with Crippen molar-refractivity contribution in [1.29, 1.82) is 0 Å². The maximum Gasteiger partial charge on any atom is 0.243 e. The lowest BCUT2D eigenvalue weighted by molar-refractivity contribution is 0.0730. The van der Waals surface area contributed by atoms with Gasteiger partial charge in [0.25, 0.3) is 0 Å². The van der Waals surface area contributed by atoms with Gasteiger partial charge in [-0.2, -0.15) is 4.31 Å². The zero-order chi connectivity index (χ0) is 23.7. The molecule has 34 heavy (non-hydrogen) atoms. The second-order valence-electron chi connectivity index (χ2n) is 7.83. The summed E-state index contributed by atoms with van der Waals surface area (Å²) in [6.07, 6.45) is 3.46. The van der Waals surface area contributed by atoms with E-state index in [9.17, 15) is 8.42 Å². The van der Waals surface area contributed by atoms with E-state index in [1.165, 1.54) is 4.31 Å². The molecule has 12 heteroatoms. The van der Waals surface area contributed by atoms with E-state index in [-0.39, 0.29) is 4.90 Å². The van der Waals surface area contributed by atoms with Crippen LogP contribution in [0.15, 0.2) is 52.8 Å². The van der Waals surface area contributed by atoms with Gasteiger partial charge in [-0.15, -0.1) is 10.2 Å². The van der Waals surface area contributed by atoms with Gasteiger partial charge >= 0.3 is 0 Å². The van der Waals surface area contributed by atoms with Gasteiger partial charge in [0.05, 0.1) is 34.9 Å². The van der Waals surface area contributed by atoms with Gasteiger partial charge in [-0.25, -0.2) is 13.4 Å². The van der Waals surface area contributed by atoms with Crippen LogP contribution in [-0.2, 0) is 34.1 Å². The standard InChI is InChI=1S/C22H25N7O3S2/c1-3-29-19-5-4-17(34(30,31)28-10-12-32-13-11-28)14-18(19)24-20(29)15-33-22-26-25-21(27(22)2)16-6-8-23-9-7-16/h4-9,14H,3,10-13,15H2,1-2H3. The van der Waals surface area contributed by atoms with Gasteiger partial charge in [-0.1, -0.05) is 11.8 Å². The Morgan fingerprint density at radius 2 is 1.85 bits per heavy atom. The number of hydrogen-bond acceptors (Lipinski definition) is 8. The van der Waals surface area contributed by atoms with E-state index in [1.807, 2.05) is 29.8 Å². The minimum absolute atomic E-state index is 0.261. The highest BCUT2D eigenvalue weighted by molar-refractivity contribution is 7.98. The minimum Gasteiger partial charge on any atom is -0.379 e. The number of ether oxygens (including phenoxy) is 1. The molecule has 1 aliphatic rings. The van der Waals surface area contributed by atoms with Gasteiger partial charge in [-0.05, 0) is 37.3 Å². The summed E-state index contributed by atoms with van der Waals surface area (Å²) in [6.45, 7) is 4.34. The molecule has 0 spiro atoms. The smallest absolute Gasteiger partial charge is 0.243 e. The number of rotatable bonds is 7. The van der Waals surface area contributed by atoms with Crippen LogP contribution in [0.5, 0.6) is 0 Å². The maximum atomic E-state index is 13.1. The molecule has 0 N–H and O–H groups in total. The fourth-order valence-corrected chi connectivity index (χ4v) is 6.33. The number of hydrogen-bond donors (Lipinski definition) is 0. The fourth-order valence-electron chi connectivity index (χ4n) is 4.04. The molecule has 0 amide bonds. The van der Waals surface area contributed by atoms with Gasteiger partial charge in [0.2, 0.25) is 10.0 Å². The third-order valence-electron chi connectivity index (χ3n) is 5.83. The predicted molar refractivity (Wildman–Crippen MR) is 129 cm³/mol. The van der Waals surface area contributed by atoms with E-state index in [0.29, 0.717) is 37.6 Å². The fraction of sp³-hybridized carbons (Fsp3) is 0.364. The molecule has 4 heterocycles. The average molecular weight is 500 g/mol. The first-order chi connectivity index (χ1) is 16.5. The molecule has 10 nitrogen and oxygen atoms in total. The summed E-state index contributed by atoms with van der Waals surface area (Å²) in [5.41, 5.74) is 2.53. The Morgan fingerprint density at radius 3 is 2.59 bits per heavy atom. The molecule has 1 aromatic carbocycles. The molecule has 1 aliphatic heterocycles. The summed E-state index contributed by atoms with van der Waals surface area (Å²) in [5, 5.41) is 9.44. The zero-order valence-electron chi connectivity index (χ0n) is 19.0. The summed E-state index contributed by atoms with van der Waals surface area (Å²) in [5.74, 6) is 2.21. The van der Waals surface area contributed by atoms with Crippen molar-refractivity contribution in [3.63, 3.8) is 0 Å². The Bertz CT molecular complexity index is 1410. The highest BCUT2D eigenvalue weighted by Crippen LogP contribution is 2.28. The van der Waals surface area contributed by atoms with E-state index < -0.39 is 10.0 Å². The first-order valence-corrected chi connectivity index (χ1v) is 13.4. The maximum absolute atomic E-state index is 13.1. The SMILES string of the molecule is CCn1c(CSc2nnc(-c3ccncc3)n2C)nc2cc(S(=O)(=O)N3CCOCC3)ccc21. The minimum atomic E-state index is -3.58. The van der Waals surface area contributed by atoms with Crippen LogP contribution in [0.1, 0.15) is 12.7 Å². The van der Waals surface area contributed by atoms with Crippen molar-refractivity contribution < 1.29 is 13.2 Å². The topological polar surface area (TPSA) is 108 Å². The Kier molecular flexibility index (Phi) is 6.38. The molecule has 4 aromatic rings. The predicted octanol–water partition coefficient (Wildman–Crippen LogP) is 2.56. The van der Waals surface area contributed by atoms with Gasteiger partial charge in [-0.3, -0.25) is 4.98 Å². The summed E-state index contributed by atoms with van der Waals surface area (Å²) >= 11 is 1.54. The summed E-state index contributed by atoms with van der Waals surface area (Å²) in [4.78, 5) is 9.09. The van der Waals surface area contributed by atoms with Crippen LogP contribution in [0.25, 0.3) is 22.4 Å². The number of aryl methyl sites for hydroxylation is 1. The van der Waals surface area contributed by atoms with Crippen LogP contribution in [0.4, 0.5) is 0 Å². The van der Waals surface area contributed by atoms with Gasteiger partial charge in [0.15, 0.2) is 11.0 Å². The summed E-state index contributed by atoms with van der Waals surface area (Å²) < 4.78 is 37.0. The van der Waals surface area contributed by atoms with E-state index in [1.54, 1.807) is 36.3 Å². The van der Waals surface area contributed by atoms with Crippen molar-refractivity contribution in [1.82, 2.24) is 33.6 Å². The third kappa shape index (κ3) is 4.22. The molecular formula is C22H25N7O3S2. The normalized spacial score (nSPS) is 15.2. The van der Waals surface area contributed by atoms with Crippen molar-refractivity contribution in [3.8, 4) is 11.4 Å². The lowest BCUT2D eigenvalue weighted by Crippen LogP contribution is -2.40. The van der Waals surface area contributed by atoms with Crippen LogP contribution < -0.4 is 0 Å². The van der Waals surface area contributed by atoms with Crippen LogP contribution in [0, 0.1) is 0 Å². The van der Waals surface area contributed by atoms with Crippen LogP contribution in [0.2, 0.25) is 0 Å². The van der Waals surface area contributed by atoms with Crippen LogP contribution >= 0.6 is 11.8 Å². The number of benzene rings is 1. The molecule has 1 fully saturated rings. The van der Waals surface area contributed by atoms with E-state index >= 15 is 0 Å². The van der Waals surface area contributed by atoms with Gasteiger partial charge < -0.3 is 13.9 Å². The molecular weight excluding hydrogens is 474 g/mol. The van der Waals surface area contributed by atoms with Gasteiger partial charge in [0, 0.05) is 44.6 Å². The van der Waals surface area contributed by atoms with Crippen LogP contribution in [-0.4, -0.2) is 68.3 Å². The van der Waals surface area contributed by atoms with Crippen molar-refractivity contribution >= 4 is 32.8 Å². The van der Waals surface area contributed by atoms with E-state index in [2.05, 4.69) is 26.7 Å². The number of sulfonamides is 1. The Labute approximate surface area is 202 Å². The monoisotopic (exact) mass is 499 g/mol. The van der Waals surface area contributed by atoms with Crippen molar-refractivity contribution in [3.05, 3.63) is 48.5 Å². The molecule has 1 saturated heterocycles. The number of thioether (sulfide) groups is 1. The summed E-state index contributed by atoms with van der Waals surface area (Å²) in [6, 6.07) is 8.98. The van der Waals surface area contributed by atoms with Gasteiger partial charge in [0.1, 0.15) is 5.82 Å². The van der Waals surface area contributed by atoms with Crippen LogP contribution in [0.3, 0.4) is 0 Å². The number of nitrogens with zero attached hydrogens (tertiary/aromatic N) is 7. The first-order valence-electron chi connectivity index (χ1n) is 11.0. The third-order valence-corrected chi connectivity index (χ3v) is 8.74. The molecule has 0 saturated carbocycles. The summed E-state index contributed by atoms with van der Waals surface area (Å²) in [7, 11) is -1.64.